The van der Waals surface area contributed by atoms with Gasteiger partial charge in [0.25, 0.3) is 0 Å². The van der Waals surface area contributed by atoms with Crippen LogP contribution in [0.1, 0.15) is 74.4 Å². The van der Waals surface area contributed by atoms with Crippen molar-refractivity contribution in [1.82, 2.24) is 0 Å². The van der Waals surface area contributed by atoms with Crippen molar-refractivity contribution in [3.63, 3.8) is 0 Å². The lowest BCUT2D eigenvalue weighted by atomic mass is 9.92. The minimum absolute atomic E-state index is 0.00199. The Hall–Kier alpha value is -2.62. The van der Waals surface area contributed by atoms with Crippen LogP contribution in [-0.4, -0.2) is 18.2 Å². The molecule has 2 rings (SSSR count). The molecule has 0 saturated carbocycles. The number of para-hydroxylation sites is 1. The maximum absolute atomic E-state index is 12.5. The highest BCUT2D eigenvalue weighted by Gasteiger charge is 2.15. The lowest BCUT2D eigenvalue weighted by molar-refractivity contribution is -0.116. The zero-order valence-corrected chi connectivity index (χ0v) is 16.9. The highest BCUT2D eigenvalue weighted by atomic mass is 16.1. The van der Waals surface area contributed by atoms with E-state index in [4.69, 9.17) is 0 Å². The molecule has 2 aromatic carbocycles. The van der Waals surface area contributed by atoms with E-state index < -0.39 is 0 Å². The van der Waals surface area contributed by atoms with Gasteiger partial charge in [-0.3, -0.25) is 9.59 Å². The number of hydrogen-bond acceptors (Lipinski definition) is 3. The van der Waals surface area contributed by atoms with Crippen LogP contribution >= 0.6 is 0 Å². The van der Waals surface area contributed by atoms with Gasteiger partial charge in [-0.05, 0) is 54.2 Å². The number of anilines is 2. The molecule has 144 valence electrons. The molecule has 0 saturated heterocycles. The second-order valence-corrected chi connectivity index (χ2v) is 7.48. The van der Waals surface area contributed by atoms with Crippen LogP contribution in [-0.2, 0) is 4.79 Å². The maximum Gasteiger partial charge on any atom is 0.226 e. The van der Waals surface area contributed by atoms with Gasteiger partial charge in [0.1, 0.15) is 0 Å². The number of Topliss-reactive ketones (excluding diaryl/α,β-unsaturated/α-hetero) is 1. The number of amides is 1. The predicted molar refractivity (Wildman–Crippen MR) is 113 cm³/mol. The first-order chi connectivity index (χ1) is 12.8. The Morgan fingerprint density at radius 3 is 1.93 bits per heavy atom. The van der Waals surface area contributed by atoms with Crippen LogP contribution in [0.2, 0.25) is 0 Å². The van der Waals surface area contributed by atoms with Gasteiger partial charge in [0, 0.05) is 29.9 Å². The molecule has 4 heteroatoms. The lowest BCUT2D eigenvalue weighted by Gasteiger charge is -2.20. The molecule has 0 bridgehead atoms. The van der Waals surface area contributed by atoms with Gasteiger partial charge in [-0.1, -0.05) is 45.9 Å². The third-order valence-corrected chi connectivity index (χ3v) is 4.61. The van der Waals surface area contributed by atoms with E-state index in [1.54, 1.807) is 19.1 Å². The summed E-state index contributed by atoms with van der Waals surface area (Å²) < 4.78 is 0. The van der Waals surface area contributed by atoms with Crippen molar-refractivity contribution < 1.29 is 9.59 Å². The molecule has 0 aliphatic rings. The van der Waals surface area contributed by atoms with Crippen molar-refractivity contribution in [1.29, 1.82) is 0 Å². The van der Waals surface area contributed by atoms with Gasteiger partial charge >= 0.3 is 0 Å². The van der Waals surface area contributed by atoms with Crippen LogP contribution < -0.4 is 10.6 Å². The summed E-state index contributed by atoms with van der Waals surface area (Å²) in [6, 6.07) is 13.5. The zero-order chi connectivity index (χ0) is 20.0. The Morgan fingerprint density at radius 1 is 0.889 bits per heavy atom. The SMILES string of the molecule is CC(=O)c1ccc(NCCC(=O)Nc2c(C(C)C)cccc2C(C)C)cc1. The summed E-state index contributed by atoms with van der Waals surface area (Å²) in [5.74, 6) is 0.734. The average Bonchev–Trinajstić information content (AvgIpc) is 2.61. The smallest absolute Gasteiger partial charge is 0.226 e. The van der Waals surface area contributed by atoms with Crippen molar-refractivity contribution in [3.05, 3.63) is 59.2 Å². The van der Waals surface area contributed by atoms with E-state index in [-0.39, 0.29) is 11.7 Å². The maximum atomic E-state index is 12.5. The Morgan fingerprint density at radius 2 is 1.44 bits per heavy atom. The molecule has 0 spiro atoms. The van der Waals surface area contributed by atoms with Crippen molar-refractivity contribution in [3.8, 4) is 0 Å². The summed E-state index contributed by atoms with van der Waals surface area (Å²) in [5, 5.41) is 6.36. The number of rotatable bonds is 8. The Labute approximate surface area is 162 Å². The van der Waals surface area contributed by atoms with Crippen molar-refractivity contribution in [2.45, 2.75) is 52.9 Å². The second kappa shape index (κ2) is 9.36. The molecule has 2 N–H and O–H groups in total. The molecule has 0 heterocycles. The van der Waals surface area contributed by atoms with E-state index in [1.165, 1.54) is 11.1 Å². The quantitative estimate of drug-likeness (QED) is 0.600. The van der Waals surface area contributed by atoms with E-state index in [1.807, 2.05) is 12.1 Å². The lowest BCUT2D eigenvalue weighted by Crippen LogP contribution is -2.18. The number of nitrogens with one attached hydrogen (secondary N) is 2. The molecule has 0 aliphatic heterocycles. The Bertz CT molecular complexity index is 766. The summed E-state index contributed by atoms with van der Waals surface area (Å²) in [7, 11) is 0. The number of benzene rings is 2. The molecule has 0 unspecified atom stereocenters. The van der Waals surface area contributed by atoms with Crippen LogP contribution in [0.15, 0.2) is 42.5 Å². The number of carbonyl (C=O) groups is 2. The summed E-state index contributed by atoms with van der Waals surface area (Å²) >= 11 is 0. The molecule has 0 aromatic heterocycles. The van der Waals surface area contributed by atoms with Crippen molar-refractivity contribution in [2.24, 2.45) is 0 Å². The Balaban J connectivity index is 1.98. The van der Waals surface area contributed by atoms with Crippen LogP contribution in [0.3, 0.4) is 0 Å². The zero-order valence-electron chi connectivity index (χ0n) is 16.9. The van der Waals surface area contributed by atoms with E-state index in [0.29, 0.717) is 30.4 Å². The summed E-state index contributed by atoms with van der Waals surface area (Å²) in [4.78, 5) is 23.8. The first-order valence-electron chi connectivity index (χ1n) is 9.57. The van der Waals surface area contributed by atoms with Crippen LogP contribution in [0, 0.1) is 0 Å². The third kappa shape index (κ3) is 5.68. The van der Waals surface area contributed by atoms with E-state index >= 15 is 0 Å². The fourth-order valence-electron chi connectivity index (χ4n) is 3.04. The normalized spacial score (nSPS) is 10.9. The van der Waals surface area contributed by atoms with Gasteiger partial charge in [0.2, 0.25) is 5.91 Å². The topological polar surface area (TPSA) is 58.2 Å². The van der Waals surface area contributed by atoms with Crippen molar-refractivity contribution >= 4 is 23.1 Å². The van der Waals surface area contributed by atoms with E-state index in [9.17, 15) is 9.59 Å². The fraction of sp³-hybridized carbons (Fsp3) is 0.391. The molecular formula is C23H30N2O2. The largest absolute Gasteiger partial charge is 0.385 e. The highest BCUT2D eigenvalue weighted by Crippen LogP contribution is 2.32. The van der Waals surface area contributed by atoms with Gasteiger partial charge in [-0.15, -0.1) is 0 Å². The van der Waals surface area contributed by atoms with Gasteiger partial charge in [-0.2, -0.15) is 0 Å². The van der Waals surface area contributed by atoms with Gasteiger partial charge < -0.3 is 10.6 Å². The van der Waals surface area contributed by atoms with Crippen LogP contribution in [0.25, 0.3) is 0 Å². The molecule has 0 fully saturated rings. The van der Waals surface area contributed by atoms with Gasteiger partial charge in [0.05, 0.1) is 0 Å². The van der Waals surface area contributed by atoms with Gasteiger partial charge in [0.15, 0.2) is 5.78 Å². The highest BCUT2D eigenvalue weighted by molar-refractivity contribution is 5.94. The van der Waals surface area contributed by atoms with Crippen LogP contribution in [0.4, 0.5) is 11.4 Å². The first-order valence-corrected chi connectivity index (χ1v) is 9.57. The summed E-state index contributed by atoms with van der Waals surface area (Å²) in [6.45, 7) is 10.6. The molecule has 4 nitrogen and oxygen atoms in total. The predicted octanol–water partition coefficient (Wildman–Crippen LogP) is 5.58. The monoisotopic (exact) mass is 366 g/mol. The summed E-state index contributed by atoms with van der Waals surface area (Å²) in [6.07, 6.45) is 0.373. The van der Waals surface area contributed by atoms with E-state index in [2.05, 4.69) is 56.5 Å². The van der Waals surface area contributed by atoms with Gasteiger partial charge in [-0.25, -0.2) is 0 Å². The minimum atomic E-state index is -0.00199. The number of ketones is 1. The molecule has 2 aromatic rings. The average molecular weight is 367 g/mol. The minimum Gasteiger partial charge on any atom is -0.385 e. The van der Waals surface area contributed by atoms with Crippen LogP contribution in [0.5, 0.6) is 0 Å². The number of hydrogen-bond donors (Lipinski definition) is 2. The van der Waals surface area contributed by atoms with Crippen molar-refractivity contribution in [2.75, 3.05) is 17.2 Å². The third-order valence-electron chi connectivity index (χ3n) is 4.61. The standard InChI is InChI=1S/C23H30N2O2/c1-15(2)20-7-6-8-21(16(3)4)23(20)25-22(27)13-14-24-19-11-9-18(10-12-19)17(5)26/h6-12,15-16,24H,13-14H2,1-5H3,(H,25,27). The first kappa shape index (κ1) is 20.7. The molecule has 1 amide bonds. The molecule has 0 atom stereocenters. The molecule has 0 radical (unpaired) electrons. The van der Waals surface area contributed by atoms with E-state index in [0.717, 1.165) is 11.4 Å². The fourth-order valence-corrected chi connectivity index (χ4v) is 3.04. The Kier molecular flexibility index (Phi) is 7.17. The second-order valence-electron chi connectivity index (χ2n) is 7.48. The number of carbonyl (C=O) groups excluding carboxylic acids is 2. The molecule has 0 aliphatic carbocycles. The molecular weight excluding hydrogens is 336 g/mol. The summed E-state index contributed by atoms with van der Waals surface area (Å²) in [5.41, 5.74) is 4.88. The molecule has 27 heavy (non-hydrogen) atoms.